The van der Waals surface area contributed by atoms with Crippen molar-refractivity contribution in [2.24, 2.45) is 11.8 Å². The van der Waals surface area contributed by atoms with Gasteiger partial charge in [-0.25, -0.2) is 0 Å². The largest absolute Gasteiger partial charge is 0.155 e. The van der Waals surface area contributed by atoms with Crippen LogP contribution >= 0.6 is 11.8 Å². The molecule has 0 amide bonds. The van der Waals surface area contributed by atoms with Crippen molar-refractivity contribution in [3.63, 3.8) is 0 Å². The van der Waals surface area contributed by atoms with Gasteiger partial charge < -0.3 is 0 Å². The first-order chi connectivity index (χ1) is 5.45. The van der Waals surface area contributed by atoms with Gasteiger partial charge in [-0.3, -0.25) is 0 Å². The van der Waals surface area contributed by atoms with Gasteiger partial charge >= 0.3 is 0 Å². The van der Waals surface area contributed by atoms with Crippen molar-refractivity contribution in [3.05, 3.63) is 0 Å². The van der Waals surface area contributed by atoms with Crippen molar-refractivity contribution in [1.82, 2.24) is 0 Å². The Morgan fingerprint density at radius 1 is 0.727 bits per heavy atom. The van der Waals surface area contributed by atoms with Crippen molar-refractivity contribution < 1.29 is 0 Å². The van der Waals surface area contributed by atoms with Gasteiger partial charge in [0.2, 0.25) is 0 Å². The second-order valence-corrected chi connectivity index (χ2v) is 5.89. The summed E-state index contributed by atoms with van der Waals surface area (Å²) >= 11 is 2.35. The zero-order chi connectivity index (χ0) is 7.26. The molecule has 0 aromatic rings. The molecule has 3 aliphatic rings. The molecule has 1 aliphatic heterocycles. The lowest BCUT2D eigenvalue weighted by Crippen LogP contribution is -2.13. The zero-order valence-corrected chi connectivity index (χ0v) is 7.78. The van der Waals surface area contributed by atoms with Crippen LogP contribution in [0.1, 0.15) is 38.5 Å². The first kappa shape index (κ1) is 6.82. The van der Waals surface area contributed by atoms with Gasteiger partial charge in [-0.1, -0.05) is 12.8 Å². The summed E-state index contributed by atoms with van der Waals surface area (Å²) in [5.41, 5.74) is 0. The summed E-state index contributed by atoms with van der Waals surface area (Å²) in [5.74, 6) is 2.32. The lowest BCUT2D eigenvalue weighted by Gasteiger charge is -2.14. The quantitative estimate of drug-likeness (QED) is 0.535. The summed E-state index contributed by atoms with van der Waals surface area (Å²) in [7, 11) is 0. The average Bonchev–Trinajstić information content (AvgIpc) is 2.52. The summed E-state index contributed by atoms with van der Waals surface area (Å²) in [4.78, 5) is 0. The number of rotatable bonds is 0. The molecule has 0 aromatic carbocycles. The molecule has 0 radical (unpaired) electrons. The molecule has 1 saturated heterocycles. The van der Waals surface area contributed by atoms with Gasteiger partial charge in [0.05, 0.1) is 0 Å². The number of hydrogen-bond acceptors (Lipinski definition) is 1. The van der Waals surface area contributed by atoms with E-state index < -0.39 is 0 Å². The first-order valence-electron chi connectivity index (χ1n) is 5.10. The third kappa shape index (κ3) is 0.898. The van der Waals surface area contributed by atoms with Crippen molar-refractivity contribution in [1.29, 1.82) is 0 Å². The van der Waals surface area contributed by atoms with Crippen LogP contribution in [0, 0.1) is 11.8 Å². The first-order valence-corrected chi connectivity index (χ1v) is 6.05. The summed E-state index contributed by atoms with van der Waals surface area (Å²) in [6, 6.07) is 0. The molecule has 2 saturated carbocycles. The average molecular weight is 168 g/mol. The smallest absolute Gasteiger partial charge is 0.00812 e. The van der Waals surface area contributed by atoms with E-state index in [-0.39, 0.29) is 0 Å². The SMILES string of the molecule is C1CC2SC3CCCC3C2C1. The summed E-state index contributed by atoms with van der Waals surface area (Å²) in [6.45, 7) is 0. The van der Waals surface area contributed by atoms with E-state index in [0.717, 1.165) is 22.3 Å². The van der Waals surface area contributed by atoms with Crippen LogP contribution in [0.25, 0.3) is 0 Å². The Morgan fingerprint density at radius 2 is 1.27 bits per heavy atom. The minimum atomic E-state index is 1.10. The highest BCUT2D eigenvalue weighted by Gasteiger charge is 2.47. The van der Waals surface area contributed by atoms with E-state index in [9.17, 15) is 0 Å². The highest BCUT2D eigenvalue weighted by molar-refractivity contribution is 8.00. The molecule has 11 heavy (non-hydrogen) atoms. The van der Waals surface area contributed by atoms with Crippen molar-refractivity contribution in [3.8, 4) is 0 Å². The molecule has 1 heteroatoms. The normalized spacial score (nSPS) is 54.5. The number of thioether (sulfide) groups is 1. The van der Waals surface area contributed by atoms with E-state index in [1.54, 1.807) is 25.7 Å². The van der Waals surface area contributed by atoms with Crippen LogP contribution in [0.2, 0.25) is 0 Å². The Morgan fingerprint density at radius 3 is 1.82 bits per heavy atom. The lowest BCUT2D eigenvalue weighted by atomic mass is 9.90. The van der Waals surface area contributed by atoms with Crippen molar-refractivity contribution >= 4 is 11.8 Å². The highest BCUT2D eigenvalue weighted by atomic mass is 32.2. The van der Waals surface area contributed by atoms with Crippen LogP contribution in [0.15, 0.2) is 0 Å². The summed E-state index contributed by atoms with van der Waals surface area (Å²) < 4.78 is 0. The maximum absolute atomic E-state index is 2.35. The molecule has 4 unspecified atom stereocenters. The Hall–Kier alpha value is 0.350. The van der Waals surface area contributed by atoms with E-state index in [0.29, 0.717) is 0 Å². The zero-order valence-electron chi connectivity index (χ0n) is 6.96. The van der Waals surface area contributed by atoms with E-state index in [1.807, 2.05) is 0 Å². The van der Waals surface area contributed by atoms with Gasteiger partial charge in [-0.05, 0) is 37.5 Å². The van der Waals surface area contributed by atoms with Gasteiger partial charge in [0, 0.05) is 10.5 Å². The molecule has 62 valence electrons. The highest BCUT2D eigenvalue weighted by Crippen LogP contribution is 2.56. The van der Waals surface area contributed by atoms with Crippen molar-refractivity contribution in [2.75, 3.05) is 0 Å². The maximum atomic E-state index is 2.35. The fraction of sp³-hybridized carbons (Fsp3) is 1.00. The molecule has 0 spiro atoms. The molecule has 3 fully saturated rings. The van der Waals surface area contributed by atoms with E-state index in [4.69, 9.17) is 0 Å². The van der Waals surface area contributed by atoms with Crippen LogP contribution in [0.5, 0.6) is 0 Å². The third-order valence-corrected chi connectivity index (χ3v) is 5.78. The lowest BCUT2D eigenvalue weighted by molar-refractivity contribution is 0.384. The topological polar surface area (TPSA) is 0 Å². The van der Waals surface area contributed by atoms with Gasteiger partial charge in [0.15, 0.2) is 0 Å². The standard InChI is InChI=1S/C10H16S/c1-3-7-8-4-2-6-10(8)11-9(7)5-1/h7-10H,1-6H2. The number of hydrogen-bond donors (Lipinski definition) is 0. The van der Waals surface area contributed by atoms with E-state index in [2.05, 4.69) is 11.8 Å². The van der Waals surface area contributed by atoms with E-state index >= 15 is 0 Å². The van der Waals surface area contributed by atoms with Gasteiger partial charge in [0.25, 0.3) is 0 Å². The Bertz CT molecular complexity index is 148. The van der Waals surface area contributed by atoms with Gasteiger partial charge in [0.1, 0.15) is 0 Å². The minimum Gasteiger partial charge on any atom is -0.155 e. The minimum absolute atomic E-state index is 1.10. The molecule has 4 atom stereocenters. The fourth-order valence-corrected chi connectivity index (χ4v) is 5.59. The predicted octanol–water partition coefficient (Wildman–Crippen LogP) is 3.07. The predicted molar refractivity (Wildman–Crippen MR) is 49.8 cm³/mol. The molecule has 0 nitrogen and oxygen atoms in total. The van der Waals surface area contributed by atoms with Crippen LogP contribution < -0.4 is 0 Å². The fourth-order valence-electron chi connectivity index (χ4n) is 3.45. The molecule has 2 aliphatic carbocycles. The van der Waals surface area contributed by atoms with Crippen LogP contribution in [-0.2, 0) is 0 Å². The molecule has 0 aromatic heterocycles. The van der Waals surface area contributed by atoms with Crippen molar-refractivity contribution in [2.45, 2.75) is 49.0 Å². The second kappa shape index (κ2) is 2.42. The number of fused-ring (bicyclic) bond motifs is 3. The van der Waals surface area contributed by atoms with Gasteiger partial charge in [-0.2, -0.15) is 11.8 Å². The van der Waals surface area contributed by atoms with Crippen LogP contribution in [0.3, 0.4) is 0 Å². The maximum Gasteiger partial charge on any atom is 0.00812 e. The molecular formula is C10H16S. The monoisotopic (exact) mass is 168 g/mol. The Kier molecular flexibility index (Phi) is 1.50. The Balaban J connectivity index is 1.84. The second-order valence-electron chi connectivity index (χ2n) is 4.40. The Labute approximate surface area is 73.1 Å². The molecule has 3 rings (SSSR count). The molecule has 1 heterocycles. The van der Waals surface area contributed by atoms with Gasteiger partial charge in [-0.15, -0.1) is 0 Å². The van der Waals surface area contributed by atoms with E-state index in [1.165, 1.54) is 12.8 Å². The third-order valence-electron chi connectivity index (χ3n) is 3.91. The summed E-state index contributed by atoms with van der Waals surface area (Å²) in [6.07, 6.45) is 9.29. The molecular weight excluding hydrogens is 152 g/mol. The van der Waals surface area contributed by atoms with Crippen LogP contribution in [0.4, 0.5) is 0 Å². The summed E-state index contributed by atoms with van der Waals surface area (Å²) in [5, 5.41) is 2.20. The molecule has 0 N–H and O–H groups in total. The molecule has 0 bridgehead atoms. The van der Waals surface area contributed by atoms with Crippen LogP contribution in [-0.4, -0.2) is 10.5 Å².